The van der Waals surface area contributed by atoms with Crippen molar-refractivity contribution >= 4 is 11.8 Å². The van der Waals surface area contributed by atoms with E-state index < -0.39 is 5.54 Å². The van der Waals surface area contributed by atoms with Crippen LogP contribution in [0.15, 0.2) is 0 Å². The van der Waals surface area contributed by atoms with E-state index in [0.717, 1.165) is 12.8 Å². The van der Waals surface area contributed by atoms with E-state index in [1.165, 1.54) is 0 Å². The van der Waals surface area contributed by atoms with E-state index in [1.807, 2.05) is 0 Å². The molecule has 86 valence electrons. The quantitative estimate of drug-likeness (QED) is 0.649. The number of rotatable bonds is 4. The average Bonchev–Trinajstić information content (AvgIpc) is 2.95. The molecule has 2 amide bonds. The minimum Gasteiger partial charge on any atom is -0.359 e. The first-order valence-corrected chi connectivity index (χ1v) is 5.17. The molecule has 0 aromatic carbocycles. The van der Waals surface area contributed by atoms with E-state index in [2.05, 4.69) is 5.32 Å². The molecule has 0 bridgehead atoms. The van der Waals surface area contributed by atoms with Gasteiger partial charge >= 0.3 is 0 Å². The van der Waals surface area contributed by atoms with Crippen molar-refractivity contribution in [1.29, 1.82) is 0 Å². The molecule has 0 aromatic rings. The first-order valence-electron chi connectivity index (χ1n) is 5.17. The van der Waals surface area contributed by atoms with Crippen molar-refractivity contribution in [3.8, 4) is 0 Å². The first-order chi connectivity index (χ1) is 6.90. The summed E-state index contributed by atoms with van der Waals surface area (Å²) in [7, 11) is 3.28. The highest BCUT2D eigenvalue weighted by Gasteiger charge is 2.47. The molecule has 0 spiro atoms. The Morgan fingerprint density at radius 3 is 2.47 bits per heavy atom. The zero-order chi connectivity index (χ0) is 11.6. The number of hydrogen-bond donors (Lipinski definition) is 2. The lowest BCUT2D eigenvalue weighted by molar-refractivity contribution is -0.134. The summed E-state index contributed by atoms with van der Waals surface area (Å²) in [5.74, 6) is -0.318. The van der Waals surface area contributed by atoms with Crippen molar-refractivity contribution in [1.82, 2.24) is 10.2 Å². The maximum Gasteiger partial charge on any atom is 0.242 e. The monoisotopic (exact) mass is 213 g/mol. The van der Waals surface area contributed by atoms with Crippen molar-refractivity contribution < 1.29 is 9.59 Å². The van der Waals surface area contributed by atoms with Crippen LogP contribution in [-0.2, 0) is 9.59 Å². The lowest BCUT2D eigenvalue weighted by atomic mass is 10.1. The zero-order valence-electron chi connectivity index (χ0n) is 9.54. The SMILES string of the molecule is CNC(=O)C(C)CN(C)C(=O)C1(N)CC1. The molecule has 1 unspecified atom stereocenters. The Balaban J connectivity index is 2.44. The third-order valence-electron chi connectivity index (χ3n) is 2.80. The fraction of sp³-hybridized carbons (Fsp3) is 0.800. The van der Waals surface area contributed by atoms with Crippen molar-refractivity contribution in [2.45, 2.75) is 25.3 Å². The van der Waals surface area contributed by atoms with Crippen molar-refractivity contribution in [3.63, 3.8) is 0 Å². The van der Waals surface area contributed by atoms with E-state index in [4.69, 9.17) is 5.73 Å². The summed E-state index contributed by atoms with van der Waals surface area (Å²) in [5, 5.41) is 2.56. The van der Waals surface area contributed by atoms with Gasteiger partial charge in [0.1, 0.15) is 0 Å². The van der Waals surface area contributed by atoms with Crippen molar-refractivity contribution in [2.75, 3.05) is 20.6 Å². The molecular weight excluding hydrogens is 194 g/mol. The van der Waals surface area contributed by atoms with E-state index in [-0.39, 0.29) is 17.7 Å². The molecule has 0 aliphatic heterocycles. The number of carbonyl (C=O) groups excluding carboxylic acids is 2. The van der Waals surface area contributed by atoms with Crippen LogP contribution in [-0.4, -0.2) is 42.9 Å². The van der Waals surface area contributed by atoms with Crippen LogP contribution >= 0.6 is 0 Å². The summed E-state index contributed by atoms with van der Waals surface area (Å²) in [5.41, 5.74) is 5.14. The summed E-state index contributed by atoms with van der Waals surface area (Å²) in [4.78, 5) is 24.5. The van der Waals surface area contributed by atoms with E-state index >= 15 is 0 Å². The molecule has 1 atom stereocenters. The van der Waals surface area contributed by atoms with Crippen LogP contribution in [0, 0.1) is 5.92 Å². The Labute approximate surface area is 90.0 Å². The standard InChI is InChI=1S/C10H19N3O2/c1-7(8(14)12-2)6-13(3)9(15)10(11)4-5-10/h7H,4-6,11H2,1-3H3,(H,12,14). The Hall–Kier alpha value is -1.10. The minimum absolute atomic E-state index is 0.0572. The Bertz CT molecular complexity index is 274. The minimum atomic E-state index is -0.642. The van der Waals surface area contributed by atoms with E-state index in [1.54, 1.807) is 25.9 Å². The molecule has 0 heterocycles. The highest BCUT2D eigenvalue weighted by Crippen LogP contribution is 2.33. The van der Waals surface area contributed by atoms with Gasteiger partial charge in [-0.05, 0) is 12.8 Å². The third kappa shape index (κ3) is 2.68. The van der Waals surface area contributed by atoms with Crippen LogP contribution < -0.4 is 11.1 Å². The Morgan fingerprint density at radius 1 is 1.53 bits per heavy atom. The molecule has 1 aliphatic carbocycles. The van der Waals surface area contributed by atoms with Gasteiger partial charge in [-0.15, -0.1) is 0 Å². The second kappa shape index (κ2) is 4.18. The van der Waals surface area contributed by atoms with Crippen molar-refractivity contribution in [2.24, 2.45) is 11.7 Å². The fourth-order valence-corrected chi connectivity index (χ4v) is 1.55. The number of nitrogens with two attached hydrogens (primary N) is 1. The van der Waals surface area contributed by atoms with Crippen LogP contribution in [0.1, 0.15) is 19.8 Å². The maximum absolute atomic E-state index is 11.7. The number of nitrogens with one attached hydrogen (secondary N) is 1. The molecule has 15 heavy (non-hydrogen) atoms. The van der Waals surface area contributed by atoms with Crippen molar-refractivity contribution in [3.05, 3.63) is 0 Å². The smallest absolute Gasteiger partial charge is 0.242 e. The number of likely N-dealkylation sites (N-methyl/N-ethyl adjacent to an activating group) is 1. The van der Waals surface area contributed by atoms with Crippen LogP contribution in [0.2, 0.25) is 0 Å². The summed E-state index contributed by atoms with van der Waals surface area (Å²) in [6, 6.07) is 0. The lowest BCUT2D eigenvalue weighted by Crippen LogP contribution is -2.46. The number of amides is 2. The summed E-state index contributed by atoms with van der Waals surface area (Å²) in [6.07, 6.45) is 1.51. The lowest BCUT2D eigenvalue weighted by Gasteiger charge is -2.23. The van der Waals surface area contributed by atoms with Gasteiger partial charge in [-0.25, -0.2) is 0 Å². The van der Waals surface area contributed by atoms with Gasteiger partial charge in [0.05, 0.1) is 11.5 Å². The molecule has 3 N–H and O–H groups in total. The van der Waals surface area contributed by atoms with Gasteiger partial charge in [0.25, 0.3) is 0 Å². The summed E-state index contributed by atoms with van der Waals surface area (Å²) in [6.45, 7) is 2.20. The number of nitrogens with zero attached hydrogens (tertiary/aromatic N) is 1. The zero-order valence-corrected chi connectivity index (χ0v) is 9.54. The molecule has 0 aromatic heterocycles. The second-order valence-electron chi connectivity index (χ2n) is 4.36. The molecule has 1 fully saturated rings. The molecule has 5 heteroatoms. The van der Waals surface area contributed by atoms with Crippen LogP contribution in [0.25, 0.3) is 0 Å². The summed E-state index contributed by atoms with van der Waals surface area (Å²) < 4.78 is 0. The Kier molecular flexibility index (Phi) is 3.34. The summed E-state index contributed by atoms with van der Waals surface area (Å²) >= 11 is 0. The maximum atomic E-state index is 11.7. The molecular formula is C10H19N3O2. The Morgan fingerprint density at radius 2 is 2.07 bits per heavy atom. The van der Waals surface area contributed by atoms with E-state index in [9.17, 15) is 9.59 Å². The molecule has 1 saturated carbocycles. The highest BCUT2D eigenvalue weighted by atomic mass is 16.2. The highest BCUT2D eigenvalue weighted by molar-refractivity contribution is 5.89. The largest absolute Gasteiger partial charge is 0.359 e. The predicted molar refractivity (Wildman–Crippen MR) is 57.0 cm³/mol. The molecule has 0 radical (unpaired) electrons. The topological polar surface area (TPSA) is 75.4 Å². The predicted octanol–water partition coefficient (Wildman–Crippen LogP) is -0.682. The van der Waals surface area contributed by atoms with Gasteiger partial charge in [0.2, 0.25) is 11.8 Å². The molecule has 0 saturated heterocycles. The van der Waals surface area contributed by atoms with E-state index in [0.29, 0.717) is 6.54 Å². The van der Waals surface area contributed by atoms with Crippen LogP contribution in [0.3, 0.4) is 0 Å². The van der Waals surface area contributed by atoms with Gasteiger partial charge in [-0.2, -0.15) is 0 Å². The van der Waals surface area contributed by atoms with Gasteiger partial charge in [0.15, 0.2) is 0 Å². The molecule has 1 rings (SSSR count). The number of carbonyl (C=O) groups is 2. The first kappa shape index (κ1) is 12.0. The fourth-order valence-electron chi connectivity index (χ4n) is 1.55. The second-order valence-corrected chi connectivity index (χ2v) is 4.36. The third-order valence-corrected chi connectivity index (χ3v) is 2.80. The molecule has 1 aliphatic rings. The van der Waals surface area contributed by atoms with Gasteiger partial charge in [0, 0.05) is 20.6 Å². The average molecular weight is 213 g/mol. The van der Waals surface area contributed by atoms with Gasteiger partial charge < -0.3 is 16.0 Å². The normalized spacial score (nSPS) is 19.2. The molecule has 5 nitrogen and oxygen atoms in total. The van der Waals surface area contributed by atoms with Gasteiger partial charge in [-0.1, -0.05) is 6.92 Å². The van der Waals surface area contributed by atoms with Crippen LogP contribution in [0.4, 0.5) is 0 Å². The number of hydrogen-bond acceptors (Lipinski definition) is 3. The van der Waals surface area contributed by atoms with Gasteiger partial charge in [-0.3, -0.25) is 9.59 Å². The van der Waals surface area contributed by atoms with Crippen LogP contribution in [0.5, 0.6) is 0 Å².